The fraction of sp³-hybridized carbons (Fsp3) is 0.346. The molecule has 4 atom stereocenters. The van der Waals surface area contributed by atoms with Crippen molar-refractivity contribution in [3.63, 3.8) is 0 Å². The number of aliphatic hydroxyl groups is 3. The molecule has 1 fully saturated rings. The zero-order valence-electron chi connectivity index (χ0n) is 20.0. The lowest BCUT2D eigenvalue weighted by atomic mass is 9.57. The van der Waals surface area contributed by atoms with Crippen LogP contribution < -0.4 is 11.1 Å². The highest BCUT2D eigenvalue weighted by molar-refractivity contribution is 6.24. The van der Waals surface area contributed by atoms with E-state index in [2.05, 4.69) is 5.32 Å². The summed E-state index contributed by atoms with van der Waals surface area (Å²) in [4.78, 5) is 40.5. The van der Waals surface area contributed by atoms with E-state index in [1.165, 1.54) is 4.90 Å². The molecule has 0 radical (unpaired) electrons. The summed E-state index contributed by atoms with van der Waals surface area (Å²) in [5.74, 6) is -6.57. The molecule has 188 valence electrons. The van der Waals surface area contributed by atoms with Crippen molar-refractivity contribution in [3.05, 3.63) is 52.3 Å². The number of primary amides is 1. The van der Waals surface area contributed by atoms with Crippen LogP contribution in [-0.2, 0) is 20.8 Å². The van der Waals surface area contributed by atoms with Crippen LogP contribution in [0, 0.1) is 11.8 Å². The van der Waals surface area contributed by atoms with Gasteiger partial charge in [-0.3, -0.25) is 19.3 Å². The molecule has 36 heavy (non-hydrogen) atoms. The SMILES string of the molecule is CNc1cccc2c(O)c3c(cc12)C[C@H]1C[C@H]2[C@H](N(C)C)C(=O)C(C(N)=O)=C(O)[C@@]2(O)C(=O)C1=C3O. The lowest BCUT2D eigenvalue weighted by molar-refractivity contribution is -0.153. The van der Waals surface area contributed by atoms with E-state index in [1.54, 1.807) is 33.3 Å². The van der Waals surface area contributed by atoms with Crippen molar-refractivity contribution < 1.29 is 34.8 Å². The fourth-order valence-electron chi connectivity index (χ4n) is 6.25. The average Bonchev–Trinajstić information content (AvgIpc) is 2.80. The van der Waals surface area contributed by atoms with Crippen molar-refractivity contribution >= 4 is 39.7 Å². The Hall–Kier alpha value is -3.89. The van der Waals surface area contributed by atoms with Crippen LogP contribution in [-0.4, -0.2) is 75.6 Å². The Morgan fingerprint density at radius 1 is 1.17 bits per heavy atom. The molecule has 0 bridgehead atoms. The number of nitrogens with zero attached hydrogens (tertiary/aromatic N) is 1. The summed E-state index contributed by atoms with van der Waals surface area (Å²) < 4.78 is 0. The van der Waals surface area contributed by atoms with Gasteiger partial charge < -0.3 is 31.5 Å². The van der Waals surface area contributed by atoms with E-state index >= 15 is 0 Å². The summed E-state index contributed by atoms with van der Waals surface area (Å²) in [5, 5.41) is 49.2. The second-order valence-corrected chi connectivity index (χ2v) is 9.87. The molecule has 1 amide bonds. The lowest BCUT2D eigenvalue weighted by Crippen LogP contribution is -2.65. The Balaban J connectivity index is 1.77. The Labute approximate surface area is 206 Å². The van der Waals surface area contributed by atoms with Crippen LogP contribution in [0.15, 0.2) is 41.2 Å². The maximum absolute atomic E-state index is 13.8. The highest BCUT2D eigenvalue weighted by Crippen LogP contribution is 2.53. The minimum Gasteiger partial charge on any atom is -0.508 e. The first-order valence-electron chi connectivity index (χ1n) is 11.5. The van der Waals surface area contributed by atoms with Crippen molar-refractivity contribution in [2.45, 2.75) is 24.5 Å². The minimum absolute atomic E-state index is 0.0538. The number of carbonyl (C=O) groups excluding carboxylic acids is 3. The first-order chi connectivity index (χ1) is 16.9. The standard InChI is InChI=1S/C26H27N3O7/c1-28-15-6-4-5-12-13(15)8-10-7-11-9-14-19(29(2)3)22(32)18(25(27)35)24(34)26(14,36)23(33)17(11)21(31)16(10)20(12)30/h4-6,8,11,14,19,28,30-31,34,36H,7,9H2,1-3H3,(H2,27,35)/t11-,14-,19-,26-/m0/s1. The molecule has 0 heterocycles. The number of fused-ring (bicyclic) bond motifs is 4. The van der Waals surface area contributed by atoms with Gasteiger partial charge in [0.15, 0.2) is 11.4 Å². The normalized spacial score (nSPS) is 27.8. The van der Waals surface area contributed by atoms with Gasteiger partial charge in [0, 0.05) is 35.0 Å². The van der Waals surface area contributed by atoms with Crippen LogP contribution in [0.4, 0.5) is 5.69 Å². The Kier molecular flexibility index (Phi) is 5.17. The van der Waals surface area contributed by atoms with E-state index in [4.69, 9.17) is 5.73 Å². The number of ketones is 2. The van der Waals surface area contributed by atoms with Gasteiger partial charge >= 0.3 is 0 Å². The summed E-state index contributed by atoms with van der Waals surface area (Å²) in [6, 6.07) is 6.01. The number of aromatic hydroxyl groups is 1. The quantitative estimate of drug-likeness (QED) is 0.343. The predicted octanol–water partition coefficient (Wildman–Crippen LogP) is 1.16. The molecule has 0 saturated heterocycles. The van der Waals surface area contributed by atoms with E-state index in [9.17, 15) is 34.8 Å². The van der Waals surface area contributed by atoms with Crippen molar-refractivity contribution in [1.29, 1.82) is 0 Å². The maximum Gasteiger partial charge on any atom is 0.255 e. The number of nitrogens with one attached hydrogen (secondary N) is 1. The molecule has 2 aromatic carbocycles. The number of hydrogen-bond donors (Lipinski definition) is 6. The number of rotatable bonds is 3. The van der Waals surface area contributed by atoms with Gasteiger partial charge in [0.05, 0.1) is 11.6 Å². The zero-order valence-corrected chi connectivity index (χ0v) is 20.0. The van der Waals surface area contributed by atoms with Gasteiger partial charge in [0.1, 0.15) is 22.8 Å². The summed E-state index contributed by atoms with van der Waals surface area (Å²) in [7, 11) is 4.89. The van der Waals surface area contributed by atoms with Crippen molar-refractivity contribution in [2.75, 3.05) is 26.5 Å². The molecule has 3 aliphatic carbocycles. The number of likely N-dealkylation sites (N-methyl/N-ethyl adjacent to an activating group) is 1. The van der Waals surface area contributed by atoms with E-state index in [1.807, 2.05) is 12.1 Å². The third-order valence-electron chi connectivity index (χ3n) is 7.84. The first-order valence-corrected chi connectivity index (χ1v) is 11.5. The number of hydrogen-bond acceptors (Lipinski definition) is 9. The highest BCUT2D eigenvalue weighted by atomic mass is 16.3. The molecule has 0 spiro atoms. The molecule has 0 aromatic heterocycles. The van der Waals surface area contributed by atoms with Gasteiger partial charge in [-0.25, -0.2) is 0 Å². The van der Waals surface area contributed by atoms with E-state index < -0.39 is 58.0 Å². The molecule has 1 saturated carbocycles. The number of anilines is 1. The Bertz CT molecular complexity index is 1440. The number of Topliss-reactive ketones (excluding diaryl/α,β-unsaturated/α-hetero) is 2. The number of amides is 1. The molecule has 5 rings (SSSR count). The minimum atomic E-state index is -2.64. The van der Waals surface area contributed by atoms with Crippen LogP contribution in [0.5, 0.6) is 5.75 Å². The second kappa shape index (κ2) is 7.81. The lowest BCUT2D eigenvalue weighted by Gasteiger charge is -2.50. The monoisotopic (exact) mass is 493 g/mol. The number of benzene rings is 2. The number of aliphatic hydroxyl groups excluding tert-OH is 2. The van der Waals surface area contributed by atoms with Crippen LogP contribution >= 0.6 is 0 Å². The second-order valence-electron chi connectivity index (χ2n) is 9.87. The molecular weight excluding hydrogens is 466 g/mol. The van der Waals surface area contributed by atoms with Gasteiger partial charge in [-0.2, -0.15) is 0 Å². The van der Waals surface area contributed by atoms with Crippen LogP contribution in [0.1, 0.15) is 17.5 Å². The molecule has 0 unspecified atom stereocenters. The molecule has 10 nitrogen and oxygen atoms in total. The van der Waals surface area contributed by atoms with Crippen LogP contribution in [0.2, 0.25) is 0 Å². The first kappa shape index (κ1) is 23.8. The largest absolute Gasteiger partial charge is 0.508 e. The summed E-state index contributed by atoms with van der Waals surface area (Å²) in [6.07, 6.45) is 0.300. The van der Waals surface area contributed by atoms with Crippen molar-refractivity contribution in [1.82, 2.24) is 4.90 Å². The van der Waals surface area contributed by atoms with E-state index in [-0.39, 0.29) is 29.7 Å². The Morgan fingerprint density at radius 2 is 1.86 bits per heavy atom. The third-order valence-corrected chi connectivity index (χ3v) is 7.84. The van der Waals surface area contributed by atoms with Crippen LogP contribution in [0.3, 0.4) is 0 Å². The number of phenols is 1. The zero-order chi connectivity index (χ0) is 26.3. The van der Waals surface area contributed by atoms with Gasteiger partial charge in [-0.15, -0.1) is 0 Å². The van der Waals surface area contributed by atoms with Crippen molar-refractivity contribution in [2.24, 2.45) is 17.6 Å². The summed E-state index contributed by atoms with van der Waals surface area (Å²) >= 11 is 0. The average molecular weight is 494 g/mol. The third kappa shape index (κ3) is 2.88. The van der Waals surface area contributed by atoms with E-state index in [0.29, 0.717) is 10.9 Å². The van der Waals surface area contributed by atoms with Crippen molar-refractivity contribution in [3.8, 4) is 5.75 Å². The van der Waals surface area contributed by atoms with Gasteiger partial charge in [-0.05, 0) is 50.6 Å². The number of phenolic OH excluding ortho intramolecular Hbond substituents is 1. The molecular formula is C26H27N3O7. The highest BCUT2D eigenvalue weighted by Gasteiger charge is 2.64. The Morgan fingerprint density at radius 3 is 2.47 bits per heavy atom. The van der Waals surface area contributed by atoms with E-state index in [0.717, 1.165) is 11.1 Å². The number of nitrogens with two attached hydrogens (primary N) is 1. The van der Waals surface area contributed by atoms with Gasteiger partial charge in [0.25, 0.3) is 5.91 Å². The summed E-state index contributed by atoms with van der Waals surface area (Å²) in [6.45, 7) is 0. The predicted molar refractivity (Wildman–Crippen MR) is 131 cm³/mol. The fourth-order valence-corrected chi connectivity index (χ4v) is 6.25. The van der Waals surface area contributed by atoms with Gasteiger partial charge in [0.2, 0.25) is 5.78 Å². The number of carbonyl (C=O) groups is 3. The molecule has 2 aromatic rings. The molecule has 3 aliphatic rings. The smallest absolute Gasteiger partial charge is 0.255 e. The summed E-state index contributed by atoms with van der Waals surface area (Å²) in [5.41, 5.74) is 3.15. The molecule has 10 heteroatoms. The molecule has 0 aliphatic heterocycles. The van der Waals surface area contributed by atoms with Crippen LogP contribution in [0.25, 0.3) is 16.5 Å². The maximum atomic E-state index is 13.8. The topological polar surface area (TPSA) is 173 Å². The molecule has 7 N–H and O–H groups in total. The van der Waals surface area contributed by atoms with Gasteiger partial charge in [-0.1, -0.05) is 12.1 Å².